The van der Waals surface area contributed by atoms with Crippen molar-refractivity contribution in [2.45, 2.75) is 18.6 Å². The number of amides is 3. The van der Waals surface area contributed by atoms with Gasteiger partial charge in [0.2, 0.25) is 11.5 Å². The third kappa shape index (κ3) is 3.83. The largest absolute Gasteiger partial charge is 0.372 e. The van der Waals surface area contributed by atoms with Crippen molar-refractivity contribution in [2.75, 3.05) is 11.4 Å². The van der Waals surface area contributed by atoms with Crippen LogP contribution < -0.4 is 16.0 Å². The lowest BCUT2D eigenvalue weighted by molar-refractivity contribution is -0.149. The van der Waals surface area contributed by atoms with Gasteiger partial charge in [-0.25, -0.2) is 4.39 Å². The average molecular weight is 406 g/mol. The molecule has 0 spiro atoms. The van der Waals surface area contributed by atoms with Crippen LogP contribution in [-0.2, 0) is 16.1 Å². The van der Waals surface area contributed by atoms with Crippen molar-refractivity contribution < 1.29 is 23.9 Å². The van der Waals surface area contributed by atoms with Crippen LogP contribution in [-0.4, -0.2) is 35.0 Å². The summed E-state index contributed by atoms with van der Waals surface area (Å²) in [5.74, 6) is -2.93. The maximum atomic E-state index is 13.4. The number of carbonyl (C=O) groups is 3. The molecule has 1 saturated heterocycles. The highest BCUT2D eigenvalue weighted by atomic mass is 35.5. The van der Waals surface area contributed by atoms with Crippen LogP contribution in [0.15, 0.2) is 42.5 Å². The Kier molecular flexibility index (Phi) is 5.35. The second kappa shape index (κ2) is 7.57. The van der Waals surface area contributed by atoms with Gasteiger partial charge in [0.05, 0.1) is 0 Å². The van der Waals surface area contributed by atoms with Crippen molar-refractivity contribution >= 4 is 35.0 Å². The van der Waals surface area contributed by atoms with Gasteiger partial charge < -0.3 is 21.1 Å². The molecular weight excluding hydrogens is 389 g/mol. The summed E-state index contributed by atoms with van der Waals surface area (Å²) in [5, 5.41) is 13.2. The van der Waals surface area contributed by atoms with Gasteiger partial charge in [-0.2, -0.15) is 0 Å². The summed E-state index contributed by atoms with van der Waals surface area (Å²) < 4.78 is 13.4. The smallest absolute Gasteiger partial charge is 0.268 e. The zero-order chi connectivity index (χ0) is 20.5. The third-order valence-electron chi connectivity index (χ3n) is 4.49. The molecule has 4 N–H and O–H groups in total. The number of aliphatic hydroxyl groups is 1. The van der Waals surface area contributed by atoms with E-state index in [9.17, 15) is 23.9 Å². The minimum absolute atomic E-state index is 0.0801. The number of rotatable bonds is 5. The Morgan fingerprint density at radius 1 is 1.29 bits per heavy atom. The van der Waals surface area contributed by atoms with Crippen molar-refractivity contribution in [1.82, 2.24) is 5.32 Å². The summed E-state index contributed by atoms with van der Waals surface area (Å²) >= 11 is 5.77. The van der Waals surface area contributed by atoms with E-state index in [0.717, 1.165) is 6.07 Å². The zero-order valence-corrected chi connectivity index (χ0v) is 15.4. The highest BCUT2D eigenvalue weighted by Crippen LogP contribution is 2.29. The second-order valence-electron chi connectivity index (χ2n) is 6.44. The van der Waals surface area contributed by atoms with Crippen LogP contribution in [0.3, 0.4) is 0 Å². The fourth-order valence-corrected chi connectivity index (χ4v) is 3.28. The van der Waals surface area contributed by atoms with Gasteiger partial charge in [0.25, 0.3) is 11.8 Å². The number of anilines is 1. The molecule has 9 heteroatoms. The Balaban J connectivity index is 1.73. The van der Waals surface area contributed by atoms with Crippen LogP contribution in [0.1, 0.15) is 22.3 Å². The Morgan fingerprint density at radius 3 is 2.71 bits per heavy atom. The molecule has 1 heterocycles. The number of hydrogen-bond acceptors (Lipinski definition) is 4. The Hall–Kier alpha value is -2.97. The van der Waals surface area contributed by atoms with Crippen molar-refractivity contribution in [1.29, 1.82) is 0 Å². The van der Waals surface area contributed by atoms with Gasteiger partial charge in [-0.05, 0) is 42.0 Å². The fraction of sp³-hybridized carbons (Fsp3) is 0.211. The van der Waals surface area contributed by atoms with Crippen LogP contribution in [0.2, 0.25) is 5.02 Å². The van der Waals surface area contributed by atoms with Crippen LogP contribution in [0.5, 0.6) is 0 Å². The molecule has 146 valence electrons. The van der Waals surface area contributed by atoms with E-state index in [1.807, 2.05) is 0 Å². The van der Waals surface area contributed by atoms with Crippen molar-refractivity contribution in [3.63, 3.8) is 0 Å². The predicted octanol–water partition coefficient (Wildman–Crippen LogP) is 1.36. The lowest BCUT2D eigenvalue weighted by Crippen LogP contribution is -2.52. The maximum Gasteiger partial charge on any atom is 0.268 e. The topological polar surface area (TPSA) is 113 Å². The Labute approximate surface area is 164 Å². The molecule has 1 aliphatic heterocycles. The van der Waals surface area contributed by atoms with E-state index in [2.05, 4.69) is 5.32 Å². The SMILES string of the molecule is NC(=O)c1cccc(N2CC[C@](O)(C(=O)NCc3cc(F)cc(Cl)c3)C2=O)c1. The second-order valence-corrected chi connectivity index (χ2v) is 6.88. The molecular formula is C19H17ClFN3O4. The van der Waals surface area contributed by atoms with Crippen molar-refractivity contribution in [3.05, 3.63) is 64.4 Å². The molecule has 1 atom stereocenters. The van der Waals surface area contributed by atoms with E-state index < -0.39 is 29.1 Å². The number of carbonyl (C=O) groups excluding carboxylic acids is 3. The van der Waals surface area contributed by atoms with Crippen molar-refractivity contribution in [3.8, 4) is 0 Å². The number of nitrogens with two attached hydrogens (primary N) is 1. The van der Waals surface area contributed by atoms with Gasteiger partial charge in [0, 0.05) is 35.8 Å². The van der Waals surface area contributed by atoms with E-state index >= 15 is 0 Å². The fourth-order valence-electron chi connectivity index (χ4n) is 3.03. The Morgan fingerprint density at radius 2 is 2.04 bits per heavy atom. The summed E-state index contributed by atoms with van der Waals surface area (Å²) in [6.07, 6.45) is -0.137. The first-order chi connectivity index (χ1) is 13.2. The van der Waals surface area contributed by atoms with Crippen LogP contribution in [0, 0.1) is 5.82 Å². The number of primary amides is 1. The molecule has 3 amide bonds. The van der Waals surface area contributed by atoms with Crippen LogP contribution in [0.25, 0.3) is 0 Å². The molecule has 0 bridgehead atoms. The van der Waals surface area contributed by atoms with Crippen LogP contribution in [0.4, 0.5) is 10.1 Å². The molecule has 0 aliphatic carbocycles. The first kappa shape index (κ1) is 19.8. The first-order valence-electron chi connectivity index (χ1n) is 8.38. The minimum atomic E-state index is -2.26. The average Bonchev–Trinajstić information content (AvgIpc) is 2.95. The summed E-state index contributed by atoms with van der Waals surface area (Å²) in [6, 6.07) is 9.81. The van der Waals surface area contributed by atoms with E-state index in [-0.39, 0.29) is 30.1 Å². The predicted molar refractivity (Wildman–Crippen MR) is 100 cm³/mol. The molecule has 0 saturated carbocycles. The zero-order valence-electron chi connectivity index (χ0n) is 14.6. The van der Waals surface area contributed by atoms with E-state index in [1.165, 1.54) is 29.2 Å². The molecule has 0 unspecified atom stereocenters. The summed E-state index contributed by atoms with van der Waals surface area (Å²) in [4.78, 5) is 37.7. The van der Waals surface area contributed by atoms with Crippen LogP contribution >= 0.6 is 11.6 Å². The van der Waals surface area contributed by atoms with Gasteiger partial charge in [0.1, 0.15) is 5.82 Å². The van der Waals surface area contributed by atoms with Crippen molar-refractivity contribution in [2.24, 2.45) is 5.73 Å². The molecule has 1 fully saturated rings. The standard InChI is InChI=1S/C19H17ClFN3O4/c20-13-6-11(7-14(21)9-13)10-23-17(26)19(28)4-5-24(18(19)27)15-3-1-2-12(8-15)16(22)25/h1-3,6-9,28H,4-5,10H2,(H2,22,25)(H,23,26)/t19-/m0/s1. The third-order valence-corrected chi connectivity index (χ3v) is 4.71. The number of hydrogen-bond donors (Lipinski definition) is 3. The number of nitrogens with one attached hydrogen (secondary N) is 1. The lowest BCUT2D eigenvalue weighted by atomic mass is 10.0. The lowest BCUT2D eigenvalue weighted by Gasteiger charge is -2.22. The van der Waals surface area contributed by atoms with Gasteiger partial charge in [-0.1, -0.05) is 17.7 Å². The molecule has 3 rings (SSSR count). The number of benzene rings is 2. The van der Waals surface area contributed by atoms with Gasteiger partial charge in [-0.15, -0.1) is 0 Å². The van der Waals surface area contributed by atoms with E-state index in [1.54, 1.807) is 12.1 Å². The highest BCUT2D eigenvalue weighted by molar-refractivity contribution is 6.30. The number of halogens is 2. The molecule has 0 radical (unpaired) electrons. The summed E-state index contributed by atoms with van der Waals surface area (Å²) in [6.45, 7) is -0.0280. The molecule has 7 nitrogen and oxygen atoms in total. The summed E-state index contributed by atoms with van der Waals surface area (Å²) in [5.41, 5.74) is 3.92. The Bertz CT molecular complexity index is 948. The minimum Gasteiger partial charge on any atom is -0.372 e. The van der Waals surface area contributed by atoms with Gasteiger partial charge >= 0.3 is 0 Å². The molecule has 1 aliphatic rings. The van der Waals surface area contributed by atoms with E-state index in [0.29, 0.717) is 11.3 Å². The van der Waals surface area contributed by atoms with Gasteiger partial charge in [0.15, 0.2) is 0 Å². The highest BCUT2D eigenvalue weighted by Gasteiger charge is 2.51. The summed E-state index contributed by atoms with van der Waals surface area (Å²) in [7, 11) is 0. The maximum absolute atomic E-state index is 13.4. The molecule has 2 aromatic carbocycles. The van der Waals surface area contributed by atoms with Gasteiger partial charge in [-0.3, -0.25) is 14.4 Å². The monoisotopic (exact) mass is 405 g/mol. The molecule has 28 heavy (non-hydrogen) atoms. The quantitative estimate of drug-likeness (QED) is 0.652. The van der Waals surface area contributed by atoms with E-state index in [4.69, 9.17) is 17.3 Å². The first-order valence-corrected chi connectivity index (χ1v) is 8.76. The molecule has 0 aromatic heterocycles. The molecule has 2 aromatic rings. The normalized spacial score (nSPS) is 19.0. The number of nitrogens with zero attached hydrogens (tertiary/aromatic N) is 1.